The van der Waals surface area contributed by atoms with Crippen LogP contribution < -0.4 is 15.0 Å². The standard InChI is InChI=1S/C27H24F2N2O4/c1-2-6-26(33)35-31-20(11-10-18-7-5-9-23(28)27(18)29)15-25(32)22-13-12-21(16-24(22)31)34-17-19-8-3-4-14-30-19/h3-5,7-9,12-16H,2,6,10-11,17H2,1H3. The normalized spacial score (nSPS) is 10.9. The molecule has 2 aromatic carbocycles. The van der Waals surface area contributed by atoms with E-state index in [1.165, 1.54) is 22.9 Å². The van der Waals surface area contributed by atoms with Crippen LogP contribution >= 0.6 is 0 Å². The van der Waals surface area contributed by atoms with Crippen molar-refractivity contribution < 1.29 is 23.1 Å². The Hall–Kier alpha value is -4.07. The Morgan fingerprint density at radius 1 is 1.03 bits per heavy atom. The molecule has 35 heavy (non-hydrogen) atoms. The fourth-order valence-corrected chi connectivity index (χ4v) is 3.70. The van der Waals surface area contributed by atoms with Crippen LogP contribution in [-0.2, 0) is 24.2 Å². The molecule has 0 saturated carbocycles. The van der Waals surface area contributed by atoms with Crippen LogP contribution in [0.15, 0.2) is 71.7 Å². The SMILES string of the molecule is CCCC(=O)On1c(CCc2cccc(F)c2F)cc(=O)c2ccc(OCc3ccccn3)cc21. The zero-order valence-electron chi connectivity index (χ0n) is 19.2. The van der Waals surface area contributed by atoms with Crippen LogP contribution in [0.5, 0.6) is 5.75 Å². The first-order valence-electron chi connectivity index (χ1n) is 11.3. The lowest BCUT2D eigenvalue weighted by atomic mass is 10.1. The monoisotopic (exact) mass is 478 g/mol. The highest BCUT2D eigenvalue weighted by atomic mass is 19.2. The summed E-state index contributed by atoms with van der Waals surface area (Å²) < 4.78 is 34.9. The summed E-state index contributed by atoms with van der Waals surface area (Å²) in [7, 11) is 0. The maximum atomic E-state index is 14.2. The number of carbonyl (C=O) groups is 1. The van der Waals surface area contributed by atoms with Crippen LogP contribution in [0.4, 0.5) is 8.78 Å². The number of nitrogens with zero attached hydrogens (tertiary/aromatic N) is 2. The molecule has 0 radical (unpaired) electrons. The molecule has 2 heterocycles. The van der Waals surface area contributed by atoms with Gasteiger partial charge in [0.1, 0.15) is 12.4 Å². The third kappa shape index (κ3) is 5.71. The third-order valence-electron chi connectivity index (χ3n) is 5.45. The van der Waals surface area contributed by atoms with Gasteiger partial charge in [-0.05, 0) is 55.2 Å². The Kier molecular flexibility index (Phi) is 7.50. The molecule has 180 valence electrons. The van der Waals surface area contributed by atoms with E-state index in [1.54, 1.807) is 30.5 Å². The summed E-state index contributed by atoms with van der Waals surface area (Å²) in [4.78, 5) is 35.1. The van der Waals surface area contributed by atoms with Gasteiger partial charge in [0.25, 0.3) is 0 Å². The molecule has 0 aliphatic carbocycles. The molecule has 0 spiro atoms. The molecule has 0 aliphatic rings. The van der Waals surface area contributed by atoms with Gasteiger partial charge in [-0.1, -0.05) is 25.1 Å². The van der Waals surface area contributed by atoms with Crippen molar-refractivity contribution in [3.8, 4) is 5.75 Å². The average Bonchev–Trinajstić information content (AvgIpc) is 2.86. The second kappa shape index (κ2) is 10.9. The maximum Gasteiger partial charge on any atom is 0.332 e. The first-order valence-corrected chi connectivity index (χ1v) is 11.3. The lowest BCUT2D eigenvalue weighted by molar-refractivity contribution is -0.144. The summed E-state index contributed by atoms with van der Waals surface area (Å²) in [6.45, 7) is 2.06. The molecule has 0 atom stereocenters. The first kappa shape index (κ1) is 24.1. The summed E-state index contributed by atoms with van der Waals surface area (Å²) in [5.41, 5.74) is 1.31. The number of pyridine rings is 2. The Bertz CT molecular complexity index is 1400. The molecule has 8 heteroatoms. The number of fused-ring (bicyclic) bond motifs is 1. The van der Waals surface area contributed by atoms with Crippen molar-refractivity contribution in [2.45, 2.75) is 39.2 Å². The molecule has 0 saturated heterocycles. The van der Waals surface area contributed by atoms with E-state index in [1.807, 2.05) is 19.1 Å². The van der Waals surface area contributed by atoms with Crippen molar-refractivity contribution >= 4 is 16.9 Å². The minimum absolute atomic E-state index is 0.107. The predicted octanol–water partition coefficient (Wildman–Crippen LogP) is 4.79. The summed E-state index contributed by atoms with van der Waals surface area (Å²) in [6.07, 6.45) is 2.68. The van der Waals surface area contributed by atoms with Gasteiger partial charge in [0, 0.05) is 30.1 Å². The molecule has 0 aliphatic heterocycles. The van der Waals surface area contributed by atoms with Gasteiger partial charge in [0.15, 0.2) is 17.1 Å². The van der Waals surface area contributed by atoms with Crippen LogP contribution in [0, 0.1) is 11.6 Å². The highest BCUT2D eigenvalue weighted by Gasteiger charge is 2.16. The van der Waals surface area contributed by atoms with E-state index in [4.69, 9.17) is 9.57 Å². The fraction of sp³-hybridized carbons (Fsp3) is 0.222. The van der Waals surface area contributed by atoms with E-state index < -0.39 is 17.6 Å². The topological polar surface area (TPSA) is 70.4 Å². The third-order valence-corrected chi connectivity index (χ3v) is 5.45. The molecular formula is C27H24F2N2O4. The minimum Gasteiger partial charge on any atom is -0.487 e. The quantitative estimate of drug-likeness (QED) is 0.346. The summed E-state index contributed by atoms with van der Waals surface area (Å²) in [5.74, 6) is -1.90. The van der Waals surface area contributed by atoms with E-state index in [-0.39, 0.29) is 36.9 Å². The van der Waals surface area contributed by atoms with Gasteiger partial charge in [-0.2, -0.15) is 4.73 Å². The average molecular weight is 478 g/mol. The van der Waals surface area contributed by atoms with E-state index in [0.717, 1.165) is 11.8 Å². The van der Waals surface area contributed by atoms with Gasteiger partial charge < -0.3 is 9.57 Å². The zero-order chi connectivity index (χ0) is 24.8. The van der Waals surface area contributed by atoms with Crippen molar-refractivity contribution in [1.29, 1.82) is 0 Å². The van der Waals surface area contributed by atoms with Crippen LogP contribution in [-0.4, -0.2) is 15.7 Å². The Morgan fingerprint density at radius 3 is 2.66 bits per heavy atom. The van der Waals surface area contributed by atoms with E-state index in [9.17, 15) is 18.4 Å². The van der Waals surface area contributed by atoms with E-state index >= 15 is 0 Å². The Labute approximate surface area is 200 Å². The second-order valence-electron chi connectivity index (χ2n) is 8.01. The number of aryl methyl sites for hydroxylation is 2. The number of halogens is 2. The largest absolute Gasteiger partial charge is 0.487 e. The van der Waals surface area contributed by atoms with Gasteiger partial charge in [-0.15, -0.1) is 0 Å². The molecule has 0 unspecified atom stereocenters. The molecule has 0 amide bonds. The molecule has 2 aromatic heterocycles. The number of carbonyl (C=O) groups excluding carboxylic acids is 1. The second-order valence-corrected chi connectivity index (χ2v) is 8.01. The molecule has 6 nitrogen and oxygen atoms in total. The molecule has 4 rings (SSSR count). The van der Waals surface area contributed by atoms with Gasteiger partial charge in [-0.3, -0.25) is 9.78 Å². The van der Waals surface area contributed by atoms with Gasteiger partial charge in [0.2, 0.25) is 0 Å². The first-order chi connectivity index (χ1) is 17.0. The van der Waals surface area contributed by atoms with E-state index in [0.29, 0.717) is 28.8 Å². The predicted molar refractivity (Wildman–Crippen MR) is 127 cm³/mol. The summed E-state index contributed by atoms with van der Waals surface area (Å²) in [5, 5.41) is 0.333. The van der Waals surface area contributed by atoms with E-state index in [2.05, 4.69) is 4.98 Å². The van der Waals surface area contributed by atoms with Gasteiger partial charge in [-0.25, -0.2) is 13.6 Å². The van der Waals surface area contributed by atoms with Crippen molar-refractivity contribution in [3.63, 3.8) is 0 Å². The fourth-order valence-electron chi connectivity index (χ4n) is 3.70. The highest BCUT2D eigenvalue weighted by molar-refractivity contribution is 5.81. The van der Waals surface area contributed by atoms with Crippen molar-refractivity contribution in [3.05, 3.63) is 106 Å². The zero-order valence-corrected chi connectivity index (χ0v) is 19.2. The van der Waals surface area contributed by atoms with Crippen LogP contribution in [0.3, 0.4) is 0 Å². The van der Waals surface area contributed by atoms with Crippen molar-refractivity contribution in [2.24, 2.45) is 0 Å². The van der Waals surface area contributed by atoms with Gasteiger partial charge in [0.05, 0.1) is 16.9 Å². The highest BCUT2D eigenvalue weighted by Crippen LogP contribution is 2.22. The number of hydrogen-bond acceptors (Lipinski definition) is 5. The minimum atomic E-state index is -0.942. The van der Waals surface area contributed by atoms with Crippen LogP contribution in [0.25, 0.3) is 10.9 Å². The maximum absolute atomic E-state index is 14.2. The molecule has 4 aromatic rings. The van der Waals surface area contributed by atoms with Crippen LogP contribution in [0.1, 0.15) is 36.7 Å². The number of benzene rings is 2. The number of rotatable bonds is 9. The smallest absolute Gasteiger partial charge is 0.332 e. The van der Waals surface area contributed by atoms with Gasteiger partial charge >= 0.3 is 5.97 Å². The van der Waals surface area contributed by atoms with Crippen molar-refractivity contribution in [1.82, 2.24) is 9.71 Å². The van der Waals surface area contributed by atoms with Crippen LogP contribution in [0.2, 0.25) is 0 Å². The lowest BCUT2D eigenvalue weighted by Gasteiger charge is -2.17. The van der Waals surface area contributed by atoms with Crippen molar-refractivity contribution in [2.75, 3.05) is 0 Å². The molecule has 0 fully saturated rings. The molecule has 0 N–H and O–H groups in total. The summed E-state index contributed by atoms with van der Waals surface area (Å²) >= 11 is 0. The molecule has 0 bridgehead atoms. The number of ether oxygens (including phenoxy) is 1. The number of aromatic nitrogens is 2. The lowest BCUT2D eigenvalue weighted by Crippen LogP contribution is -2.26. The Morgan fingerprint density at radius 2 is 1.89 bits per heavy atom. The summed E-state index contributed by atoms with van der Waals surface area (Å²) in [6, 6.07) is 15.7. The number of hydrogen-bond donors (Lipinski definition) is 0. The molecular weight excluding hydrogens is 454 g/mol. The Balaban J connectivity index is 1.71.